The Labute approximate surface area is 138 Å². The second-order valence-corrected chi connectivity index (χ2v) is 6.37. The molecule has 0 fully saturated rings. The number of halogens is 4. The molecule has 0 aromatic heterocycles. The Kier molecular flexibility index (Phi) is 5.35. The molecule has 2 aromatic rings. The van der Waals surface area contributed by atoms with Crippen molar-refractivity contribution in [3.8, 4) is 0 Å². The Morgan fingerprint density at radius 1 is 1.14 bits per heavy atom. The van der Waals surface area contributed by atoms with Crippen molar-refractivity contribution in [3.63, 3.8) is 0 Å². The zero-order valence-electron chi connectivity index (χ0n) is 11.1. The van der Waals surface area contributed by atoms with E-state index < -0.39 is 17.7 Å². The molecule has 0 bridgehead atoms. The van der Waals surface area contributed by atoms with Gasteiger partial charge in [0.25, 0.3) is 0 Å². The smallest absolute Gasteiger partial charge is 0.131 e. The molecule has 0 amide bonds. The van der Waals surface area contributed by atoms with E-state index in [1.54, 1.807) is 0 Å². The molecule has 1 unspecified atom stereocenters. The van der Waals surface area contributed by atoms with Crippen molar-refractivity contribution >= 4 is 37.5 Å². The normalized spacial score (nSPS) is 12.3. The first kappa shape index (κ1) is 16.4. The molecule has 6 heteroatoms. The summed E-state index contributed by atoms with van der Waals surface area (Å²) >= 11 is 6.86. The number of aliphatic hydroxyl groups is 1. The van der Waals surface area contributed by atoms with Crippen molar-refractivity contribution in [2.45, 2.75) is 13.0 Å². The lowest BCUT2D eigenvalue weighted by molar-refractivity contribution is 0.186. The number of rotatable bonds is 4. The van der Waals surface area contributed by atoms with E-state index in [0.29, 0.717) is 0 Å². The topological polar surface area (TPSA) is 32.3 Å². The SMILES string of the molecule is Cc1cc(Br)c(NCC(O)c2ccc(F)cc2F)c(Br)c1. The van der Waals surface area contributed by atoms with Gasteiger partial charge in [-0.2, -0.15) is 0 Å². The number of aryl methyl sites for hydroxylation is 1. The molecular formula is C15H13Br2F2NO. The van der Waals surface area contributed by atoms with Gasteiger partial charge in [-0.3, -0.25) is 0 Å². The Hall–Kier alpha value is -0.980. The van der Waals surface area contributed by atoms with Crippen LogP contribution in [0.15, 0.2) is 39.3 Å². The van der Waals surface area contributed by atoms with E-state index in [1.807, 2.05) is 19.1 Å². The van der Waals surface area contributed by atoms with Gasteiger partial charge in [-0.1, -0.05) is 6.07 Å². The molecule has 2 N–H and O–H groups in total. The first-order valence-corrected chi connectivity index (χ1v) is 7.79. The molecule has 1 atom stereocenters. The van der Waals surface area contributed by atoms with Crippen molar-refractivity contribution in [2.75, 3.05) is 11.9 Å². The highest BCUT2D eigenvalue weighted by molar-refractivity contribution is 9.11. The minimum absolute atomic E-state index is 0.0586. The summed E-state index contributed by atoms with van der Waals surface area (Å²) in [6.07, 6.45) is -1.08. The number of aliphatic hydroxyl groups excluding tert-OH is 1. The molecule has 2 nitrogen and oxygen atoms in total. The maximum Gasteiger partial charge on any atom is 0.131 e. The van der Waals surface area contributed by atoms with Crippen LogP contribution in [-0.4, -0.2) is 11.7 Å². The summed E-state index contributed by atoms with van der Waals surface area (Å²) in [4.78, 5) is 0. The van der Waals surface area contributed by atoms with Gasteiger partial charge in [-0.25, -0.2) is 8.78 Å². The summed E-state index contributed by atoms with van der Waals surface area (Å²) in [6, 6.07) is 6.99. The van der Waals surface area contributed by atoms with Gasteiger partial charge in [0.1, 0.15) is 11.6 Å². The molecule has 0 heterocycles. The zero-order chi connectivity index (χ0) is 15.6. The van der Waals surface area contributed by atoms with E-state index >= 15 is 0 Å². The molecule has 112 valence electrons. The Morgan fingerprint density at radius 3 is 2.33 bits per heavy atom. The minimum atomic E-state index is -1.08. The molecular weight excluding hydrogens is 408 g/mol. The number of nitrogens with one attached hydrogen (secondary N) is 1. The van der Waals surface area contributed by atoms with E-state index in [0.717, 1.165) is 32.3 Å². The molecule has 0 saturated heterocycles. The molecule has 2 rings (SSSR count). The predicted molar refractivity (Wildman–Crippen MR) is 86.4 cm³/mol. The second-order valence-electron chi connectivity index (χ2n) is 4.67. The van der Waals surface area contributed by atoms with E-state index in [-0.39, 0.29) is 12.1 Å². The lowest BCUT2D eigenvalue weighted by atomic mass is 10.1. The van der Waals surface area contributed by atoms with Crippen LogP contribution in [0.3, 0.4) is 0 Å². The average Bonchev–Trinajstić information content (AvgIpc) is 2.36. The molecule has 0 aliphatic rings. The summed E-state index contributed by atoms with van der Waals surface area (Å²) in [6.45, 7) is 2.06. The molecule has 0 saturated carbocycles. The fourth-order valence-corrected chi connectivity index (χ4v) is 3.64. The highest BCUT2D eigenvalue weighted by atomic mass is 79.9. The van der Waals surface area contributed by atoms with Crippen LogP contribution >= 0.6 is 31.9 Å². The van der Waals surface area contributed by atoms with Gasteiger partial charge < -0.3 is 10.4 Å². The standard InChI is InChI=1S/C15H13Br2F2NO/c1-8-4-11(16)15(12(17)5-8)20-7-14(21)10-3-2-9(18)6-13(10)19/h2-6,14,20-21H,7H2,1H3. The first-order chi connectivity index (χ1) is 9.88. The first-order valence-electron chi connectivity index (χ1n) is 6.21. The minimum Gasteiger partial charge on any atom is -0.386 e. The van der Waals surface area contributed by atoms with Crippen LogP contribution in [-0.2, 0) is 0 Å². The third kappa shape index (κ3) is 4.02. The highest BCUT2D eigenvalue weighted by Gasteiger charge is 2.15. The molecule has 0 aliphatic carbocycles. The highest BCUT2D eigenvalue weighted by Crippen LogP contribution is 2.32. The largest absolute Gasteiger partial charge is 0.386 e. The van der Waals surface area contributed by atoms with Crippen LogP contribution in [0.4, 0.5) is 14.5 Å². The van der Waals surface area contributed by atoms with Crippen LogP contribution < -0.4 is 5.32 Å². The number of hydrogen-bond donors (Lipinski definition) is 2. The molecule has 0 spiro atoms. The van der Waals surface area contributed by atoms with Crippen LogP contribution in [0.2, 0.25) is 0 Å². The van der Waals surface area contributed by atoms with Gasteiger partial charge in [-0.15, -0.1) is 0 Å². The van der Waals surface area contributed by atoms with Gasteiger partial charge in [0.2, 0.25) is 0 Å². The molecule has 2 aromatic carbocycles. The van der Waals surface area contributed by atoms with E-state index in [4.69, 9.17) is 0 Å². The summed E-state index contributed by atoms with van der Waals surface area (Å²) in [5.41, 5.74) is 1.90. The van der Waals surface area contributed by atoms with Crippen molar-refractivity contribution in [1.29, 1.82) is 0 Å². The maximum atomic E-state index is 13.6. The van der Waals surface area contributed by atoms with Gasteiger partial charge in [0.15, 0.2) is 0 Å². The average molecular weight is 421 g/mol. The predicted octanol–water partition coefficient (Wildman–Crippen LogP) is 4.94. The second kappa shape index (κ2) is 6.85. The van der Waals surface area contributed by atoms with E-state index in [2.05, 4.69) is 37.2 Å². The quantitative estimate of drug-likeness (QED) is 0.733. The van der Waals surface area contributed by atoms with Crippen LogP contribution in [0.1, 0.15) is 17.2 Å². The monoisotopic (exact) mass is 419 g/mol. The zero-order valence-corrected chi connectivity index (χ0v) is 14.3. The van der Waals surface area contributed by atoms with Crippen molar-refractivity contribution in [1.82, 2.24) is 0 Å². The number of hydrogen-bond acceptors (Lipinski definition) is 2. The Morgan fingerprint density at radius 2 is 1.76 bits per heavy atom. The summed E-state index contributed by atoms with van der Waals surface area (Å²) in [5, 5.41) is 13.1. The van der Waals surface area contributed by atoms with Crippen molar-refractivity contribution < 1.29 is 13.9 Å². The molecule has 21 heavy (non-hydrogen) atoms. The summed E-state index contributed by atoms with van der Waals surface area (Å²) in [5.74, 6) is -1.42. The van der Waals surface area contributed by atoms with Crippen molar-refractivity contribution in [3.05, 3.63) is 62.0 Å². The van der Waals surface area contributed by atoms with Crippen LogP contribution in [0.5, 0.6) is 0 Å². The Bertz CT molecular complexity index is 641. The fraction of sp³-hybridized carbons (Fsp3) is 0.200. The summed E-state index contributed by atoms with van der Waals surface area (Å²) in [7, 11) is 0. The van der Waals surface area contributed by atoms with Gasteiger partial charge in [0.05, 0.1) is 11.8 Å². The number of benzene rings is 2. The maximum absolute atomic E-state index is 13.6. The van der Waals surface area contributed by atoms with Crippen LogP contribution in [0.25, 0.3) is 0 Å². The van der Waals surface area contributed by atoms with Gasteiger partial charge in [0, 0.05) is 27.1 Å². The van der Waals surface area contributed by atoms with Gasteiger partial charge in [-0.05, 0) is 62.5 Å². The number of anilines is 1. The third-order valence-corrected chi connectivity index (χ3v) is 4.23. The Balaban J connectivity index is 2.13. The third-order valence-electron chi connectivity index (χ3n) is 2.98. The van der Waals surface area contributed by atoms with Crippen LogP contribution in [0, 0.1) is 18.6 Å². The van der Waals surface area contributed by atoms with E-state index in [1.165, 1.54) is 6.07 Å². The lowest BCUT2D eigenvalue weighted by Gasteiger charge is -2.16. The summed E-state index contributed by atoms with van der Waals surface area (Å²) < 4.78 is 28.1. The molecule has 0 aliphatic heterocycles. The van der Waals surface area contributed by atoms with Gasteiger partial charge >= 0.3 is 0 Å². The fourth-order valence-electron chi connectivity index (χ4n) is 1.95. The lowest BCUT2D eigenvalue weighted by Crippen LogP contribution is -2.14. The molecule has 0 radical (unpaired) electrons. The van der Waals surface area contributed by atoms with Crippen molar-refractivity contribution in [2.24, 2.45) is 0 Å². The van der Waals surface area contributed by atoms with E-state index in [9.17, 15) is 13.9 Å².